The Labute approximate surface area is 135 Å². The second-order valence-electron chi connectivity index (χ2n) is 5.12. The van der Waals surface area contributed by atoms with Crippen LogP contribution in [-0.4, -0.2) is 21.0 Å². The topological polar surface area (TPSA) is 101 Å². The minimum Gasteiger partial charge on any atom is -0.399 e. The van der Waals surface area contributed by atoms with E-state index in [1.807, 2.05) is 16.9 Å². The molecule has 0 saturated heterocycles. The van der Waals surface area contributed by atoms with E-state index in [9.17, 15) is 13.2 Å². The molecule has 7 heteroatoms. The molecule has 2 amide bonds. The van der Waals surface area contributed by atoms with Crippen molar-refractivity contribution in [2.75, 3.05) is 12.3 Å². The number of rotatable bonds is 5. The van der Waals surface area contributed by atoms with Gasteiger partial charge < -0.3 is 11.1 Å². The molecule has 0 saturated carbocycles. The lowest BCUT2D eigenvalue weighted by molar-refractivity contribution is 0.246. The zero-order valence-corrected chi connectivity index (χ0v) is 13.6. The maximum absolute atomic E-state index is 12.1. The number of urea groups is 1. The standard InChI is InChI=1S/C16H19N3O3S/c1-12-4-2-3-5-15(12)23(21,22)19-16(20)18-11-10-13-6-8-14(17)9-7-13/h2-9H,10-11,17H2,1H3,(H2,18,19,20). The number of amides is 2. The molecule has 4 N–H and O–H groups in total. The highest BCUT2D eigenvalue weighted by Crippen LogP contribution is 2.13. The van der Waals surface area contributed by atoms with Crippen molar-refractivity contribution in [2.24, 2.45) is 0 Å². The van der Waals surface area contributed by atoms with Gasteiger partial charge in [-0.25, -0.2) is 17.9 Å². The molecule has 0 bridgehead atoms. The summed E-state index contributed by atoms with van der Waals surface area (Å²) in [4.78, 5) is 11.9. The van der Waals surface area contributed by atoms with Crippen molar-refractivity contribution in [2.45, 2.75) is 18.2 Å². The number of nitrogen functional groups attached to an aromatic ring is 1. The molecule has 23 heavy (non-hydrogen) atoms. The Morgan fingerprint density at radius 2 is 1.74 bits per heavy atom. The Morgan fingerprint density at radius 3 is 2.39 bits per heavy atom. The van der Waals surface area contributed by atoms with Crippen molar-refractivity contribution in [3.63, 3.8) is 0 Å². The summed E-state index contributed by atoms with van der Waals surface area (Å²) in [6, 6.07) is 13.0. The highest BCUT2D eigenvalue weighted by molar-refractivity contribution is 7.90. The second kappa shape index (κ2) is 7.15. The van der Waals surface area contributed by atoms with Crippen molar-refractivity contribution in [3.8, 4) is 0 Å². The monoisotopic (exact) mass is 333 g/mol. The van der Waals surface area contributed by atoms with Crippen LogP contribution in [0.1, 0.15) is 11.1 Å². The van der Waals surface area contributed by atoms with Crippen LogP contribution in [0, 0.1) is 6.92 Å². The van der Waals surface area contributed by atoms with Crippen LogP contribution in [0.15, 0.2) is 53.4 Å². The predicted octanol–water partition coefficient (Wildman–Crippen LogP) is 1.81. The van der Waals surface area contributed by atoms with Gasteiger partial charge in [-0.3, -0.25) is 0 Å². The van der Waals surface area contributed by atoms with E-state index in [0.717, 1.165) is 5.56 Å². The van der Waals surface area contributed by atoms with Gasteiger partial charge in [0.15, 0.2) is 0 Å². The average Bonchev–Trinajstić information content (AvgIpc) is 2.49. The molecule has 0 atom stereocenters. The van der Waals surface area contributed by atoms with Crippen molar-refractivity contribution in [3.05, 3.63) is 59.7 Å². The van der Waals surface area contributed by atoms with Crippen LogP contribution in [0.4, 0.5) is 10.5 Å². The fraction of sp³-hybridized carbons (Fsp3) is 0.188. The summed E-state index contributed by atoms with van der Waals surface area (Å²) in [5.41, 5.74) is 7.84. The molecule has 0 radical (unpaired) electrons. The molecule has 122 valence electrons. The van der Waals surface area contributed by atoms with E-state index in [2.05, 4.69) is 5.32 Å². The molecule has 0 fully saturated rings. The zero-order valence-electron chi connectivity index (χ0n) is 12.7. The normalized spacial score (nSPS) is 11.0. The molecule has 0 unspecified atom stereocenters. The van der Waals surface area contributed by atoms with Gasteiger partial charge in [-0.2, -0.15) is 0 Å². The number of hydrogen-bond donors (Lipinski definition) is 3. The van der Waals surface area contributed by atoms with E-state index in [4.69, 9.17) is 5.73 Å². The summed E-state index contributed by atoms with van der Waals surface area (Å²) >= 11 is 0. The molecule has 2 aromatic rings. The van der Waals surface area contributed by atoms with Crippen LogP contribution in [0.2, 0.25) is 0 Å². The number of carbonyl (C=O) groups is 1. The fourth-order valence-corrected chi connectivity index (χ4v) is 3.25. The highest BCUT2D eigenvalue weighted by atomic mass is 32.2. The van der Waals surface area contributed by atoms with Gasteiger partial charge in [0.1, 0.15) is 0 Å². The lowest BCUT2D eigenvalue weighted by Gasteiger charge is -2.10. The predicted molar refractivity (Wildman–Crippen MR) is 89.5 cm³/mol. The van der Waals surface area contributed by atoms with Gasteiger partial charge in [0, 0.05) is 12.2 Å². The number of anilines is 1. The number of hydrogen-bond acceptors (Lipinski definition) is 4. The Kier molecular flexibility index (Phi) is 5.23. The second-order valence-corrected chi connectivity index (χ2v) is 6.77. The van der Waals surface area contributed by atoms with Crippen molar-refractivity contribution in [1.82, 2.24) is 10.0 Å². The third-order valence-electron chi connectivity index (χ3n) is 3.29. The summed E-state index contributed by atoms with van der Waals surface area (Å²) in [5.74, 6) is 0. The van der Waals surface area contributed by atoms with Crippen molar-refractivity contribution < 1.29 is 13.2 Å². The van der Waals surface area contributed by atoms with E-state index in [-0.39, 0.29) is 4.90 Å². The van der Waals surface area contributed by atoms with Crippen LogP contribution < -0.4 is 15.8 Å². The fourth-order valence-electron chi connectivity index (χ4n) is 2.08. The lowest BCUT2D eigenvalue weighted by Crippen LogP contribution is -2.40. The number of nitrogens with two attached hydrogens (primary N) is 1. The average molecular weight is 333 g/mol. The summed E-state index contributed by atoms with van der Waals surface area (Å²) < 4.78 is 26.3. The summed E-state index contributed by atoms with van der Waals surface area (Å²) in [6.07, 6.45) is 0.581. The lowest BCUT2D eigenvalue weighted by atomic mass is 10.1. The largest absolute Gasteiger partial charge is 0.399 e. The minimum absolute atomic E-state index is 0.0914. The first-order chi connectivity index (χ1) is 10.9. The highest BCUT2D eigenvalue weighted by Gasteiger charge is 2.18. The zero-order chi connectivity index (χ0) is 16.9. The molecule has 6 nitrogen and oxygen atoms in total. The number of benzene rings is 2. The number of aryl methyl sites for hydroxylation is 1. The van der Waals surface area contributed by atoms with Crippen molar-refractivity contribution in [1.29, 1.82) is 0 Å². The first-order valence-corrected chi connectivity index (χ1v) is 8.57. The van der Waals surface area contributed by atoms with Gasteiger partial charge in [0.2, 0.25) is 0 Å². The molecular formula is C16H19N3O3S. The van der Waals surface area contributed by atoms with Crippen LogP contribution in [0.25, 0.3) is 0 Å². The van der Waals surface area contributed by atoms with E-state index in [1.165, 1.54) is 6.07 Å². The first kappa shape index (κ1) is 16.8. The van der Waals surface area contributed by atoms with Crippen LogP contribution in [0.5, 0.6) is 0 Å². The van der Waals surface area contributed by atoms with Crippen LogP contribution in [0.3, 0.4) is 0 Å². The molecule has 0 aliphatic carbocycles. The maximum atomic E-state index is 12.1. The number of carbonyl (C=O) groups excluding carboxylic acids is 1. The molecule has 0 aromatic heterocycles. The Morgan fingerprint density at radius 1 is 1.09 bits per heavy atom. The molecule has 0 spiro atoms. The third-order valence-corrected chi connectivity index (χ3v) is 4.78. The van der Waals surface area contributed by atoms with Gasteiger partial charge in [0.25, 0.3) is 10.0 Å². The smallest absolute Gasteiger partial charge is 0.328 e. The quantitative estimate of drug-likeness (QED) is 0.726. The van der Waals surface area contributed by atoms with E-state index in [0.29, 0.717) is 24.2 Å². The molecular weight excluding hydrogens is 314 g/mol. The minimum atomic E-state index is -3.87. The van der Waals surface area contributed by atoms with E-state index in [1.54, 1.807) is 37.3 Å². The van der Waals surface area contributed by atoms with Gasteiger partial charge >= 0.3 is 6.03 Å². The van der Waals surface area contributed by atoms with Gasteiger partial charge in [-0.1, -0.05) is 30.3 Å². The Hall–Kier alpha value is -2.54. The molecule has 2 aromatic carbocycles. The van der Waals surface area contributed by atoms with Gasteiger partial charge in [-0.15, -0.1) is 0 Å². The third kappa shape index (κ3) is 4.72. The summed E-state index contributed by atoms with van der Waals surface area (Å²) in [5, 5.41) is 2.53. The van der Waals surface area contributed by atoms with Gasteiger partial charge in [0.05, 0.1) is 4.90 Å². The molecule has 0 aliphatic rings. The molecule has 2 rings (SSSR count). The summed E-state index contributed by atoms with van der Waals surface area (Å²) in [7, 11) is -3.87. The van der Waals surface area contributed by atoms with Crippen LogP contribution in [-0.2, 0) is 16.4 Å². The number of nitrogens with one attached hydrogen (secondary N) is 2. The van der Waals surface area contributed by atoms with E-state index < -0.39 is 16.1 Å². The molecule has 0 aliphatic heterocycles. The Bertz CT molecular complexity index is 786. The van der Waals surface area contributed by atoms with Crippen LogP contribution >= 0.6 is 0 Å². The Balaban J connectivity index is 1.89. The first-order valence-electron chi connectivity index (χ1n) is 7.09. The SMILES string of the molecule is Cc1ccccc1S(=O)(=O)NC(=O)NCCc1ccc(N)cc1. The van der Waals surface area contributed by atoms with Gasteiger partial charge in [-0.05, 0) is 42.7 Å². The van der Waals surface area contributed by atoms with E-state index >= 15 is 0 Å². The summed E-state index contributed by atoms with van der Waals surface area (Å²) in [6.45, 7) is 1.99. The molecule has 0 heterocycles. The maximum Gasteiger partial charge on any atom is 0.328 e. The van der Waals surface area contributed by atoms with Crippen molar-refractivity contribution >= 4 is 21.7 Å². The number of sulfonamides is 1.